The van der Waals surface area contributed by atoms with Crippen LogP contribution in [0.15, 0.2) is 12.7 Å². The van der Waals surface area contributed by atoms with Crippen molar-refractivity contribution in [3.05, 3.63) is 12.7 Å². The van der Waals surface area contributed by atoms with Crippen molar-refractivity contribution in [1.82, 2.24) is 0 Å². The summed E-state index contributed by atoms with van der Waals surface area (Å²) in [5, 5.41) is 0. The molecule has 2 atom stereocenters. The number of esters is 1. The van der Waals surface area contributed by atoms with Crippen LogP contribution in [-0.2, 0) is 19.1 Å². The number of carbonyl (C=O) groups excluding carboxylic acids is 3. The van der Waals surface area contributed by atoms with Gasteiger partial charge >= 0.3 is 5.97 Å². The molecule has 0 aromatic heterocycles. The normalized spacial score (nSPS) is 26.4. The van der Waals surface area contributed by atoms with Crippen LogP contribution in [0.1, 0.15) is 19.8 Å². The zero-order valence-corrected chi connectivity index (χ0v) is 7.99. The monoisotopic (exact) mass is 196 g/mol. The number of hydrogen-bond acceptors (Lipinski definition) is 4. The fourth-order valence-electron chi connectivity index (χ4n) is 1.52. The highest BCUT2D eigenvalue weighted by Gasteiger charge is 2.42. The summed E-state index contributed by atoms with van der Waals surface area (Å²) in [6.45, 7) is 4.69. The van der Waals surface area contributed by atoms with Crippen molar-refractivity contribution in [1.29, 1.82) is 0 Å². The molecule has 0 aromatic rings. The van der Waals surface area contributed by atoms with Gasteiger partial charge in [-0.3, -0.25) is 14.4 Å². The number of carbonyl (C=O) groups is 3. The Bertz CT molecular complexity index is 292. The molecule has 1 saturated carbocycles. The fourth-order valence-corrected chi connectivity index (χ4v) is 1.52. The van der Waals surface area contributed by atoms with Crippen LogP contribution in [0.25, 0.3) is 0 Å². The Morgan fingerprint density at radius 3 is 2.79 bits per heavy atom. The van der Waals surface area contributed by atoms with E-state index in [9.17, 15) is 14.4 Å². The van der Waals surface area contributed by atoms with E-state index in [4.69, 9.17) is 4.74 Å². The molecule has 1 fully saturated rings. The van der Waals surface area contributed by atoms with Gasteiger partial charge in [-0.15, -0.1) is 6.58 Å². The molecule has 1 unspecified atom stereocenters. The highest BCUT2D eigenvalue weighted by molar-refractivity contribution is 6.11. The second-order valence-corrected chi connectivity index (χ2v) is 3.25. The Morgan fingerprint density at radius 2 is 2.29 bits per heavy atom. The molecule has 4 nitrogen and oxygen atoms in total. The van der Waals surface area contributed by atoms with Crippen LogP contribution in [0.5, 0.6) is 0 Å². The van der Waals surface area contributed by atoms with Crippen molar-refractivity contribution in [2.75, 3.05) is 0 Å². The molecule has 1 aliphatic carbocycles. The van der Waals surface area contributed by atoms with Gasteiger partial charge in [0.1, 0.15) is 5.78 Å². The molecule has 0 spiro atoms. The summed E-state index contributed by atoms with van der Waals surface area (Å²) < 4.78 is 4.73. The van der Waals surface area contributed by atoms with E-state index in [0.29, 0.717) is 6.42 Å². The first-order valence-electron chi connectivity index (χ1n) is 4.40. The maximum Gasteiger partial charge on any atom is 0.303 e. The Labute approximate surface area is 81.9 Å². The van der Waals surface area contributed by atoms with Crippen LogP contribution in [0.2, 0.25) is 0 Å². The SMILES string of the molecule is C=CC[C@@H]1C(=O)CC(OC(C)=O)C1=O. The Balaban J connectivity index is 2.68. The minimum absolute atomic E-state index is 0.0108. The van der Waals surface area contributed by atoms with Gasteiger partial charge in [0.05, 0.1) is 12.3 Å². The number of allylic oxidation sites excluding steroid dienone is 1. The number of ketones is 2. The molecule has 0 amide bonds. The average Bonchev–Trinajstić information content (AvgIpc) is 2.32. The lowest BCUT2D eigenvalue weighted by Crippen LogP contribution is -2.24. The molecule has 0 saturated heterocycles. The van der Waals surface area contributed by atoms with Gasteiger partial charge in [0.2, 0.25) is 0 Å². The van der Waals surface area contributed by atoms with Crippen molar-refractivity contribution in [3.8, 4) is 0 Å². The van der Waals surface area contributed by atoms with Crippen LogP contribution < -0.4 is 0 Å². The fraction of sp³-hybridized carbons (Fsp3) is 0.500. The maximum absolute atomic E-state index is 11.5. The molecule has 0 N–H and O–H groups in total. The standard InChI is InChI=1S/C10H12O4/c1-3-4-7-8(12)5-9(10(7)13)14-6(2)11/h3,7,9H,1,4-5H2,2H3/t7-,9?/m1/s1. The zero-order valence-electron chi connectivity index (χ0n) is 7.99. The second kappa shape index (κ2) is 4.17. The minimum atomic E-state index is -0.870. The summed E-state index contributed by atoms with van der Waals surface area (Å²) in [7, 11) is 0. The number of hydrogen-bond donors (Lipinski definition) is 0. The first-order chi connectivity index (χ1) is 6.56. The van der Waals surface area contributed by atoms with Crippen molar-refractivity contribution in [3.63, 3.8) is 0 Å². The van der Waals surface area contributed by atoms with Gasteiger partial charge in [-0.05, 0) is 6.42 Å². The molecule has 76 valence electrons. The lowest BCUT2D eigenvalue weighted by atomic mass is 10.0. The van der Waals surface area contributed by atoms with E-state index < -0.39 is 18.0 Å². The van der Waals surface area contributed by atoms with E-state index in [1.165, 1.54) is 13.0 Å². The number of ether oxygens (including phenoxy) is 1. The van der Waals surface area contributed by atoms with Crippen LogP contribution >= 0.6 is 0 Å². The molecule has 0 aliphatic heterocycles. The van der Waals surface area contributed by atoms with Crippen molar-refractivity contribution in [2.45, 2.75) is 25.9 Å². The van der Waals surface area contributed by atoms with Crippen molar-refractivity contribution >= 4 is 17.5 Å². The first-order valence-corrected chi connectivity index (χ1v) is 4.40. The number of Topliss-reactive ketones (excluding diaryl/α,β-unsaturated/α-hetero) is 2. The topological polar surface area (TPSA) is 60.4 Å². The van der Waals surface area contributed by atoms with Gasteiger partial charge in [-0.1, -0.05) is 6.08 Å². The largest absolute Gasteiger partial charge is 0.454 e. The molecule has 0 radical (unpaired) electrons. The van der Waals surface area contributed by atoms with Gasteiger partial charge in [0, 0.05) is 6.92 Å². The van der Waals surface area contributed by atoms with E-state index >= 15 is 0 Å². The molecule has 0 bridgehead atoms. The van der Waals surface area contributed by atoms with E-state index in [2.05, 4.69) is 6.58 Å². The van der Waals surface area contributed by atoms with Gasteiger partial charge < -0.3 is 4.74 Å². The Morgan fingerprint density at radius 1 is 1.64 bits per heavy atom. The number of rotatable bonds is 3. The average molecular weight is 196 g/mol. The summed E-state index contributed by atoms with van der Waals surface area (Å²) in [5.74, 6) is -1.65. The highest BCUT2D eigenvalue weighted by atomic mass is 16.5. The Hall–Kier alpha value is -1.45. The Kier molecular flexibility index (Phi) is 3.17. The maximum atomic E-state index is 11.5. The van der Waals surface area contributed by atoms with E-state index in [0.717, 1.165) is 0 Å². The van der Waals surface area contributed by atoms with E-state index in [1.54, 1.807) is 0 Å². The van der Waals surface area contributed by atoms with Gasteiger partial charge in [0.25, 0.3) is 0 Å². The van der Waals surface area contributed by atoms with Gasteiger partial charge in [-0.25, -0.2) is 0 Å². The summed E-state index contributed by atoms with van der Waals surface area (Å²) in [6.07, 6.45) is 0.994. The second-order valence-electron chi connectivity index (χ2n) is 3.25. The van der Waals surface area contributed by atoms with Gasteiger partial charge in [-0.2, -0.15) is 0 Å². The lowest BCUT2D eigenvalue weighted by Gasteiger charge is -2.07. The molecule has 0 heterocycles. The third-order valence-corrected chi connectivity index (χ3v) is 2.15. The first kappa shape index (κ1) is 10.6. The summed E-state index contributed by atoms with van der Waals surface area (Å²) in [6, 6.07) is 0. The van der Waals surface area contributed by atoms with Gasteiger partial charge in [0.15, 0.2) is 11.9 Å². The van der Waals surface area contributed by atoms with Crippen molar-refractivity contribution in [2.24, 2.45) is 5.92 Å². The van der Waals surface area contributed by atoms with Crippen LogP contribution in [0.3, 0.4) is 0 Å². The molecule has 14 heavy (non-hydrogen) atoms. The zero-order chi connectivity index (χ0) is 10.7. The van der Waals surface area contributed by atoms with Crippen LogP contribution in [0, 0.1) is 5.92 Å². The smallest absolute Gasteiger partial charge is 0.303 e. The quantitative estimate of drug-likeness (QED) is 0.378. The molecule has 1 aliphatic rings. The summed E-state index contributed by atoms with van der Waals surface area (Å²) >= 11 is 0. The molecular weight excluding hydrogens is 184 g/mol. The molecule has 4 heteroatoms. The highest BCUT2D eigenvalue weighted by Crippen LogP contribution is 2.24. The predicted molar refractivity (Wildman–Crippen MR) is 48.5 cm³/mol. The predicted octanol–water partition coefficient (Wildman–Crippen LogP) is 0.652. The lowest BCUT2D eigenvalue weighted by molar-refractivity contribution is -0.152. The molecular formula is C10H12O4. The van der Waals surface area contributed by atoms with E-state index in [-0.39, 0.29) is 18.0 Å². The van der Waals surface area contributed by atoms with Crippen molar-refractivity contribution < 1.29 is 19.1 Å². The van der Waals surface area contributed by atoms with Crippen LogP contribution in [0.4, 0.5) is 0 Å². The van der Waals surface area contributed by atoms with E-state index in [1.807, 2.05) is 0 Å². The summed E-state index contributed by atoms with van der Waals surface area (Å²) in [5.41, 5.74) is 0. The minimum Gasteiger partial charge on any atom is -0.454 e. The third-order valence-electron chi connectivity index (χ3n) is 2.15. The molecule has 0 aromatic carbocycles. The van der Waals surface area contributed by atoms with Crippen LogP contribution in [-0.4, -0.2) is 23.6 Å². The third kappa shape index (κ3) is 2.07. The summed E-state index contributed by atoms with van der Waals surface area (Å²) in [4.78, 5) is 33.4. The molecule has 1 rings (SSSR count).